The monoisotopic (exact) mass is 345 g/mol. The second kappa shape index (κ2) is 6.37. The Kier molecular flexibility index (Phi) is 4.07. The fourth-order valence-electron chi connectivity index (χ4n) is 3.08. The predicted molar refractivity (Wildman–Crippen MR) is 93.1 cm³/mol. The molecular formula is C16H19N5O2S. The first kappa shape index (κ1) is 15.3. The van der Waals surface area contributed by atoms with Gasteiger partial charge in [-0.25, -0.2) is 9.97 Å². The van der Waals surface area contributed by atoms with Crippen LogP contribution in [0.5, 0.6) is 5.88 Å². The molecule has 0 aromatic carbocycles. The molecule has 8 heteroatoms. The molecule has 1 aliphatic heterocycles. The van der Waals surface area contributed by atoms with E-state index in [1.165, 1.54) is 17.8 Å². The van der Waals surface area contributed by atoms with Gasteiger partial charge in [-0.05, 0) is 12.8 Å². The first-order valence-corrected chi connectivity index (χ1v) is 8.76. The van der Waals surface area contributed by atoms with Crippen molar-refractivity contribution in [1.29, 1.82) is 0 Å². The summed E-state index contributed by atoms with van der Waals surface area (Å²) in [6, 6.07) is 0. The quantitative estimate of drug-likeness (QED) is 0.782. The van der Waals surface area contributed by atoms with E-state index in [1.54, 1.807) is 13.3 Å². The van der Waals surface area contributed by atoms with Crippen molar-refractivity contribution in [2.24, 2.45) is 5.92 Å². The molecule has 3 aromatic rings. The fraction of sp³-hybridized carbons (Fsp3) is 0.438. The van der Waals surface area contributed by atoms with Gasteiger partial charge >= 0.3 is 0 Å². The number of rotatable bonds is 4. The van der Waals surface area contributed by atoms with Crippen molar-refractivity contribution in [1.82, 2.24) is 19.7 Å². The van der Waals surface area contributed by atoms with E-state index in [4.69, 9.17) is 15.2 Å². The van der Waals surface area contributed by atoms with E-state index in [9.17, 15) is 0 Å². The molecule has 24 heavy (non-hydrogen) atoms. The molecule has 126 valence electrons. The number of methoxy groups -OCH3 is 1. The van der Waals surface area contributed by atoms with Crippen LogP contribution in [0.3, 0.4) is 0 Å². The highest BCUT2D eigenvalue weighted by molar-refractivity contribution is 7.22. The standard InChI is InChI=1S/C16H19N5O2S/c1-22-15-13-14(24-16(17)20-13)12(6-18-15)11-5-19-21(8-11)7-10-3-2-4-23-9-10/h5-6,8,10H,2-4,7,9H2,1H3,(H2,17,20). The third-order valence-electron chi connectivity index (χ3n) is 4.24. The normalized spacial score (nSPS) is 18.1. The van der Waals surface area contributed by atoms with Crippen molar-refractivity contribution >= 4 is 26.7 Å². The summed E-state index contributed by atoms with van der Waals surface area (Å²) in [5, 5.41) is 5.00. The first-order valence-electron chi connectivity index (χ1n) is 7.94. The molecule has 3 aromatic heterocycles. The SMILES string of the molecule is COc1ncc(-c2cnn(CC3CCCOC3)c2)c2sc(N)nc12. The van der Waals surface area contributed by atoms with Gasteiger partial charge in [0.1, 0.15) is 5.52 Å². The Morgan fingerprint density at radius 3 is 3.17 bits per heavy atom. The largest absolute Gasteiger partial charge is 0.479 e. The van der Waals surface area contributed by atoms with Crippen molar-refractivity contribution in [3.8, 4) is 17.0 Å². The summed E-state index contributed by atoms with van der Waals surface area (Å²) in [5.41, 5.74) is 8.57. The zero-order valence-electron chi connectivity index (χ0n) is 13.4. The van der Waals surface area contributed by atoms with Crippen LogP contribution in [0.4, 0.5) is 5.13 Å². The van der Waals surface area contributed by atoms with Gasteiger partial charge in [0.25, 0.3) is 0 Å². The number of hydrogen-bond acceptors (Lipinski definition) is 7. The van der Waals surface area contributed by atoms with Crippen LogP contribution in [0.1, 0.15) is 12.8 Å². The molecule has 2 N–H and O–H groups in total. The Balaban J connectivity index is 1.65. The minimum Gasteiger partial charge on any atom is -0.479 e. The van der Waals surface area contributed by atoms with Gasteiger partial charge in [0.15, 0.2) is 5.13 Å². The predicted octanol–water partition coefficient (Wildman–Crippen LogP) is 2.57. The minimum atomic E-state index is 0.494. The maximum absolute atomic E-state index is 5.88. The molecule has 0 spiro atoms. The van der Waals surface area contributed by atoms with Crippen LogP contribution in [-0.2, 0) is 11.3 Å². The van der Waals surface area contributed by atoms with Crippen LogP contribution in [0.2, 0.25) is 0 Å². The lowest BCUT2D eigenvalue weighted by molar-refractivity contribution is 0.0470. The Bertz CT molecular complexity index is 853. The average Bonchev–Trinajstić information content (AvgIpc) is 3.21. The number of thiazole rings is 1. The summed E-state index contributed by atoms with van der Waals surface area (Å²) in [7, 11) is 1.58. The van der Waals surface area contributed by atoms with E-state index in [2.05, 4.69) is 15.1 Å². The molecule has 0 aliphatic carbocycles. The number of nitrogens with two attached hydrogens (primary N) is 1. The lowest BCUT2D eigenvalue weighted by atomic mass is 10.0. The lowest BCUT2D eigenvalue weighted by Crippen LogP contribution is -2.22. The van der Waals surface area contributed by atoms with Gasteiger partial charge in [0.2, 0.25) is 5.88 Å². The number of nitrogens with zero attached hydrogens (tertiary/aromatic N) is 4. The van der Waals surface area contributed by atoms with E-state index < -0.39 is 0 Å². The molecule has 0 saturated carbocycles. The average molecular weight is 345 g/mol. The van der Waals surface area contributed by atoms with E-state index in [-0.39, 0.29) is 0 Å². The van der Waals surface area contributed by atoms with Gasteiger partial charge in [-0.1, -0.05) is 11.3 Å². The highest BCUT2D eigenvalue weighted by atomic mass is 32.1. The second-order valence-corrected chi connectivity index (χ2v) is 6.98. The van der Waals surface area contributed by atoms with Crippen LogP contribution in [0, 0.1) is 5.92 Å². The summed E-state index contributed by atoms with van der Waals surface area (Å²) in [6.45, 7) is 2.57. The summed E-state index contributed by atoms with van der Waals surface area (Å²) in [6.07, 6.45) is 8.02. The first-order chi connectivity index (χ1) is 11.7. The topological polar surface area (TPSA) is 88.1 Å². The summed E-state index contributed by atoms with van der Waals surface area (Å²) in [5.74, 6) is 1.02. The molecule has 1 aliphatic rings. The van der Waals surface area contributed by atoms with Crippen molar-refractivity contribution in [3.63, 3.8) is 0 Å². The van der Waals surface area contributed by atoms with Crippen LogP contribution in [0.15, 0.2) is 18.6 Å². The number of anilines is 1. The van der Waals surface area contributed by atoms with Gasteiger partial charge in [-0.15, -0.1) is 0 Å². The molecule has 4 heterocycles. The zero-order chi connectivity index (χ0) is 16.5. The van der Waals surface area contributed by atoms with Crippen LogP contribution in [-0.4, -0.2) is 40.1 Å². The van der Waals surface area contributed by atoms with Gasteiger partial charge < -0.3 is 15.2 Å². The Labute approximate surface area is 143 Å². The molecule has 1 fully saturated rings. The third kappa shape index (κ3) is 2.83. The Morgan fingerprint density at radius 1 is 1.46 bits per heavy atom. The Hall–Kier alpha value is -2.19. The molecule has 7 nitrogen and oxygen atoms in total. The summed E-state index contributed by atoms with van der Waals surface area (Å²) >= 11 is 1.44. The highest BCUT2D eigenvalue weighted by Crippen LogP contribution is 2.37. The molecule has 0 bridgehead atoms. The van der Waals surface area contributed by atoms with Gasteiger partial charge in [-0.2, -0.15) is 5.10 Å². The van der Waals surface area contributed by atoms with E-state index in [0.717, 1.165) is 42.0 Å². The maximum Gasteiger partial charge on any atom is 0.241 e. The number of pyridine rings is 1. The summed E-state index contributed by atoms with van der Waals surface area (Å²) < 4.78 is 13.8. The number of ether oxygens (including phenoxy) is 2. The molecule has 1 unspecified atom stereocenters. The summed E-state index contributed by atoms with van der Waals surface area (Å²) in [4.78, 5) is 8.68. The van der Waals surface area contributed by atoms with Crippen molar-refractivity contribution in [3.05, 3.63) is 18.6 Å². The fourth-order valence-corrected chi connectivity index (χ4v) is 3.94. The number of hydrogen-bond donors (Lipinski definition) is 1. The highest BCUT2D eigenvalue weighted by Gasteiger charge is 2.18. The third-order valence-corrected chi connectivity index (χ3v) is 5.16. The van der Waals surface area contributed by atoms with Crippen LogP contribution >= 0.6 is 11.3 Å². The van der Waals surface area contributed by atoms with E-state index in [0.29, 0.717) is 22.4 Å². The van der Waals surface area contributed by atoms with E-state index >= 15 is 0 Å². The van der Waals surface area contributed by atoms with Crippen molar-refractivity contribution < 1.29 is 9.47 Å². The molecule has 4 rings (SSSR count). The maximum atomic E-state index is 5.88. The van der Waals surface area contributed by atoms with Crippen LogP contribution < -0.4 is 10.5 Å². The molecule has 1 atom stereocenters. The van der Waals surface area contributed by atoms with Crippen molar-refractivity contribution in [2.45, 2.75) is 19.4 Å². The Morgan fingerprint density at radius 2 is 2.38 bits per heavy atom. The minimum absolute atomic E-state index is 0.494. The number of aromatic nitrogens is 4. The van der Waals surface area contributed by atoms with Gasteiger partial charge in [0, 0.05) is 42.6 Å². The smallest absolute Gasteiger partial charge is 0.241 e. The van der Waals surface area contributed by atoms with Crippen molar-refractivity contribution in [2.75, 3.05) is 26.1 Å². The number of fused-ring (bicyclic) bond motifs is 1. The van der Waals surface area contributed by atoms with Gasteiger partial charge in [0.05, 0.1) is 24.6 Å². The molecular weight excluding hydrogens is 326 g/mol. The molecule has 0 radical (unpaired) electrons. The number of nitrogen functional groups attached to an aromatic ring is 1. The second-order valence-electron chi connectivity index (χ2n) is 5.95. The lowest BCUT2D eigenvalue weighted by Gasteiger charge is -2.21. The molecule has 0 amide bonds. The zero-order valence-corrected chi connectivity index (χ0v) is 14.3. The van der Waals surface area contributed by atoms with Crippen LogP contribution in [0.25, 0.3) is 21.3 Å². The van der Waals surface area contributed by atoms with Gasteiger partial charge in [-0.3, -0.25) is 4.68 Å². The van der Waals surface area contributed by atoms with E-state index in [1.807, 2.05) is 17.1 Å². The molecule has 1 saturated heterocycles.